The number of rotatable bonds is 8. The van der Waals surface area contributed by atoms with Crippen LogP contribution in [0.15, 0.2) is 48.5 Å². The summed E-state index contributed by atoms with van der Waals surface area (Å²) in [5.74, 6) is -0.0323. The van der Waals surface area contributed by atoms with Gasteiger partial charge < -0.3 is 20.7 Å². The Kier molecular flexibility index (Phi) is 9.12. The van der Waals surface area contributed by atoms with Crippen molar-refractivity contribution in [2.45, 2.75) is 23.3 Å². The highest BCUT2D eigenvalue weighted by Gasteiger charge is 2.34. The molecule has 12 heteroatoms. The third kappa shape index (κ3) is 8.37. The second-order valence-electron chi connectivity index (χ2n) is 6.23. The highest BCUT2D eigenvalue weighted by molar-refractivity contribution is 7.80. The Hall–Kier alpha value is -2.33. The minimum atomic E-state index is -1.95. The summed E-state index contributed by atoms with van der Waals surface area (Å²) in [6.07, 6.45) is -0.309. The van der Waals surface area contributed by atoms with E-state index in [1.807, 2.05) is 19.1 Å². The number of ether oxygens (including phenoxy) is 1. The van der Waals surface area contributed by atoms with Crippen LogP contribution in [-0.2, 0) is 11.2 Å². The topological polar surface area (TPSA) is 106 Å². The van der Waals surface area contributed by atoms with Crippen molar-refractivity contribution in [2.24, 2.45) is 0 Å². The van der Waals surface area contributed by atoms with Gasteiger partial charge in [-0.05, 0) is 42.4 Å². The van der Waals surface area contributed by atoms with Crippen molar-refractivity contribution in [1.82, 2.24) is 10.6 Å². The van der Waals surface area contributed by atoms with E-state index in [1.54, 1.807) is 18.2 Å². The molecule has 0 saturated heterocycles. The number of nitro groups is 1. The molecule has 2 aromatic carbocycles. The van der Waals surface area contributed by atoms with Crippen LogP contribution in [0.3, 0.4) is 0 Å². The number of aryl methyl sites for hydroxylation is 1. The molecule has 1 amide bonds. The van der Waals surface area contributed by atoms with E-state index in [0.29, 0.717) is 11.4 Å². The van der Waals surface area contributed by atoms with Crippen LogP contribution in [-0.4, -0.2) is 32.5 Å². The summed E-state index contributed by atoms with van der Waals surface area (Å²) in [4.78, 5) is 22.6. The van der Waals surface area contributed by atoms with Crippen molar-refractivity contribution < 1.29 is 14.5 Å². The molecule has 0 aromatic heterocycles. The van der Waals surface area contributed by atoms with Crippen LogP contribution in [0.1, 0.15) is 12.5 Å². The van der Waals surface area contributed by atoms with Crippen LogP contribution in [0.4, 0.5) is 11.4 Å². The Morgan fingerprint density at radius 2 is 1.87 bits per heavy atom. The lowest BCUT2D eigenvalue weighted by Gasteiger charge is -2.27. The lowest BCUT2D eigenvalue weighted by Crippen LogP contribution is -2.56. The smallest absolute Gasteiger partial charge is 0.271 e. The first kappa shape index (κ1) is 24.9. The number of nitrogens with zero attached hydrogens (tertiary/aromatic N) is 1. The molecule has 0 aliphatic carbocycles. The summed E-state index contributed by atoms with van der Waals surface area (Å²) in [6, 6.07) is 13.0. The Bertz CT molecular complexity index is 938. The lowest BCUT2D eigenvalue weighted by atomic mass is 10.2. The number of non-ortho nitro benzene ring substituents is 1. The van der Waals surface area contributed by atoms with Gasteiger partial charge in [0, 0.05) is 17.8 Å². The number of nitrogens with one attached hydrogen (secondary N) is 3. The number of anilines is 1. The van der Waals surface area contributed by atoms with Crippen molar-refractivity contribution in [1.29, 1.82) is 0 Å². The highest BCUT2D eigenvalue weighted by Crippen LogP contribution is 2.29. The van der Waals surface area contributed by atoms with Crippen molar-refractivity contribution in [3.8, 4) is 5.75 Å². The van der Waals surface area contributed by atoms with E-state index in [0.717, 1.165) is 12.0 Å². The summed E-state index contributed by atoms with van der Waals surface area (Å²) < 4.78 is 3.48. The second kappa shape index (κ2) is 11.3. The molecular weight excluding hydrogens is 487 g/mol. The number of thiocarbonyl (C=S) groups is 1. The summed E-state index contributed by atoms with van der Waals surface area (Å²) >= 11 is 23.0. The molecule has 2 rings (SSSR count). The number of halogens is 3. The zero-order chi connectivity index (χ0) is 23.0. The number of nitro benzene ring substituents is 1. The summed E-state index contributed by atoms with van der Waals surface area (Å²) in [6.45, 7) is 1.72. The first-order valence-electron chi connectivity index (χ1n) is 8.98. The molecule has 0 heterocycles. The van der Waals surface area contributed by atoms with Gasteiger partial charge in [-0.2, -0.15) is 0 Å². The number of alkyl halides is 3. The quantitative estimate of drug-likeness (QED) is 0.161. The monoisotopic (exact) mass is 504 g/mol. The number of carbonyl (C=O) groups excluding carboxylic acids is 1. The number of hydrogen-bond acceptors (Lipinski definition) is 5. The maximum Gasteiger partial charge on any atom is 0.271 e. The normalized spacial score (nSPS) is 11.9. The molecule has 0 radical (unpaired) electrons. The van der Waals surface area contributed by atoms with E-state index in [2.05, 4.69) is 16.0 Å². The van der Waals surface area contributed by atoms with Gasteiger partial charge in [-0.1, -0.05) is 59.9 Å². The molecule has 0 aliphatic heterocycles. The molecule has 3 N–H and O–H groups in total. The van der Waals surface area contributed by atoms with Crippen LogP contribution in [0, 0.1) is 10.1 Å². The van der Waals surface area contributed by atoms with Crippen molar-refractivity contribution in [3.05, 3.63) is 64.2 Å². The maximum atomic E-state index is 12.3. The Morgan fingerprint density at radius 1 is 1.19 bits per heavy atom. The Morgan fingerprint density at radius 3 is 2.45 bits per heavy atom. The van der Waals surface area contributed by atoms with Gasteiger partial charge in [-0.25, -0.2) is 0 Å². The Labute approximate surface area is 199 Å². The van der Waals surface area contributed by atoms with Crippen LogP contribution < -0.4 is 20.7 Å². The molecule has 8 nitrogen and oxygen atoms in total. The van der Waals surface area contributed by atoms with Crippen LogP contribution in [0.2, 0.25) is 0 Å². The van der Waals surface area contributed by atoms with Crippen LogP contribution in [0.25, 0.3) is 0 Å². The van der Waals surface area contributed by atoms with Gasteiger partial charge in [0.15, 0.2) is 11.7 Å². The predicted molar refractivity (Wildman–Crippen MR) is 126 cm³/mol. The molecule has 0 aliphatic rings. The molecule has 0 saturated carbocycles. The molecule has 0 spiro atoms. The van der Waals surface area contributed by atoms with E-state index in [4.69, 9.17) is 51.8 Å². The molecule has 166 valence electrons. The van der Waals surface area contributed by atoms with Gasteiger partial charge in [-0.15, -0.1) is 0 Å². The van der Waals surface area contributed by atoms with Gasteiger partial charge in [-0.3, -0.25) is 14.9 Å². The standard InChI is InChI=1S/C19H19Cl3N4O4S/c1-2-12-6-8-15(9-7-12)30-11-16(27)24-17(19(20,21)22)25-18(31)23-13-4-3-5-14(10-13)26(28)29/h3-10,17H,2,11H2,1H3,(H,24,27)(H2,23,25,31). The number of amides is 1. The van der Waals surface area contributed by atoms with E-state index in [1.165, 1.54) is 18.2 Å². The second-order valence-corrected chi connectivity index (χ2v) is 9.01. The fourth-order valence-electron chi connectivity index (χ4n) is 2.37. The fourth-order valence-corrected chi connectivity index (χ4v) is 2.93. The average molecular weight is 506 g/mol. The molecule has 2 aromatic rings. The van der Waals surface area contributed by atoms with E-state index in [-0.39, 0.29) is 17.4 Å². The summed E-state index contributed by atoms with van der Waals surface area (Å²) in [7, 11) is 0. The first-order chi connectivity index (χ1) is 14.6. The minimum absolute atomic E-state index is 0.0202. The zero-order valence-electron chi connectivity index (χ0n) is 16.2. The fraction of sp³-hybridized carbons (Fsp3) is 0.263. The van der Waals surface area contributed by atoms with Crippen LogP contribution >= 0.6 is 47.0 Å². The third-order valence-electron chi connectivity index (χ3n) is 3.92. The number of benzene rings is 2. The SMILES string of the molecule is CCc1ccc(OCC(=O)NC(NC(=S)Nc2cccc([N+](=O)[O-])c2)C(Cl)(Cl)Cl)cc1. The van der Waals surface area contributed by atoms with Crippen LogP contribution in [0.5, 0.6) is 5.75 Å². The van der Waals surface area contributed by atoms with Crippen molar-refractivity contribution in [3.63, 3.8) is 0 Å². The zero-order valence-corrected chi connectivity index (χ0v) is 19.3. The van der Waals surface area contributed by atoms with Gasteiger partial charge in [0.1, 0.15) is 11.9 Å². The number of carbonyl (C=O) groups is 1. The molecule has 1 unspecified atom stereocenters. The molecule has 31 heavy (non-hydrogen) atoms. The largest absolute Gasteiger partial charge is 0.484 e. The highest BCUT2D eigenvalue weighted by atomic mass is 35.6. The van der Waals surface area contributed by atoms with Gasteiger partial charge in [0.25, 0.3) is 11.6 Å². The van der Waals surface area contributed by atoms with Gasteiger partial charge in [0.05, 0.1) is 4.92 Å². The summed E-state index contributed by atoms with van der Waals surface area (Å²) in [5, 5.41) is 18.8. The molecule has 1 atom stereocenters. The third-order valence-corrected chi connectivity index (χ3v) is 4.80. The van der Waals surface area contributed by atoms with Gasteiger partial charge in [0.2, 0.25) is 3.79 Å². The lowest BCUT2D eigenvalue weighted by molar-refractivity contribution is -0.384. The Balaban J connectivity index is 1.94. The van der Waals surface area contributed by atoms with Crippen molar-refractivity contribution in [2.75, 3.05) is 11.9 Å². The average Bonchev–Trinajstić information content (AvgIpc) is 2.71. The first-order valence-corrected chi connectivity index (χ1v) is 10.5. The minimum Gasteiger partial charge on any atom is -0.484 e. The summed E-state index contributed by atoms with van der Waals surface area (Å²) in [5.41, 5.74) is 1.37. The van der Waals surface area contributed by atoms with Crippen molar-refractivity contribution >= 4 is 69.4 Å². The van der Waals surface area contributed by atoms with E-state index < -0.39 is 20.8 Å². The van der Waals surface area contributed by atoms with E-state index >= 15 is 0 Å². The molecule has 0 fully saturated rings. The molecular formula is C19H19Cl3N4O4S. The molecule has 0 bridgehead atoms. The van der Waals surface area contributed by atoms with E-state index in [9.17, 15) is 14.9 Å². The maximum absolute atomic E-state index is 12.3. The number of hydrogen-bond donors (Lipinski definition) is 3. The van der Waals surface area contributed by atoms with Gasteiger partial charge >= 0.3 is 0 Å². The predicted octanol–water partition coefficient (Wildman–Crippen LogP) is 4.34.